The third-order valence-electron chi connectivity index (χ3n) is 2.64. The van der Waals surface area contributed by atoms with Crippen LogP contribution in [0.3, 0.4) is 0 Å². The topological polar surface area (TPSA) is 86.7 Å². The summed E-state index contributed by atoms with van der Waals surface area (Å²) in [6.45, 7) is 4.32. The van der Waals surface area contributed by atoms with Gasteiger partial charge in [0, 0.05) is 19.6 Å². The molecule has 0 spiro atoms. The van der Waals surface area contributed by atoms with Gasteiger partial charge in [-0.1, -0.05) is 13.8 Å². The van der Waals surface area contributed by atoms with Crippen molar-refractivity contribution in [3.8, 4) is 0 Å². The molecule has 0 aliphatic carbocycles. The first-order chi connectivity index (χ1) is 7.36. The number of rotatable bonds is 4. The Hall–Kier alpha value is -0.660. The highest BCUT2D eigenvalue weighted by atomic mass is 32.2. The zero-order chi connectivity index (χ0) is 12.3. The summed E-state index contributed by atoms with van der Waals surface area (Å²) in [4.78, 5) is 10.9. The Labute approximate surface area is 95.8 Å². The molecule has 1 heterocycles. The standard InChI is InChI=1S/C9H18N2O4S/c1-3-10-16(14,15)11-5-7(2)4-8(6-11)9(12)13/h7-8,10H,3-6H2,1-2H3,(H,12,13). The summed E-state index contributed by atoms with van der Waals surface area (Å²) < 4.78 is 27.0. The molecule has 0 bridgehead atoms. The third-order valence-corrected chi connectivity index (χ3v) is 4.27. The molecule has 0 aromatic carbocycles. The summed E-state index contributed by atoms with van der Waals surface area (Å²) in [6, 6.07) is 0. The van der Waals surface area contributed by atoms with Crippen molar-refractivity contribution in [1.82, 2.24) is 9.03 Å². The molecule has 2 atom stereocenters. The first kappa shape index (κ1) is 13.4. The lowest BCUT2D eigenvalue weighted by atomic mass is 9.92. The van der Waals surface area contributed by atoms with Crippen LogP contribution in [0.4, 0.5) is 0 Å². The molecule has 7 heteroatoms. The summed E-state index contributed by atoms with van der Waals surface area (Å²) in [5.74, 6) is -1.45. The monoisotopic (exact) mass is 250 g/mol. The Morgan fingerprint density at radius 1 is 1.50 bits per heavy atom. The lowest BCUT2D eigenvalue weighted by Gasteiger charge is -2.33. The molecule has 2 N–H and O–H groups in total. The van der Waals surface area contributed by atoms with E-state index in [-0.39, 0.29) is 12.5 Å². The van der Waals surface area contributed by atoms with E-state index in [9.17, 15) is 13.2 Å². The number of nitrogens with one attached hydrogen (secondary N) is 1. The maximum Gasteiger partial charge on any atom is 0.307 e. The second-order valence-electron chi connectivity index (χ2n) is 4.20. The number of nitrogens with zero attached hydrogens (tertiary/aromatic N) is 1. The zero-order valence-electron chi connectivity index (χ0n) is 9.51. The van der Waals surface area contributed by atoms with E-state index < -0.39 is 22.1 Å². The van der Waals surface area contributed by atoms with Gasteiger partial charge in [-0.25, -0.2) is 4.72 Å². The van der Waals surface area contributed by atoms with E-state index in [0.29, 0.717) is 19.5 Å². The molecule has 1 fully saturated rings. The summed E-state index contributed by atoms with van der Waals surface area (Å²) in [5.41, 5.74) is 0. The van der Waals surface area contributed by atoms with E-state index >= 15 is 0 Å². The Bertz CT molecular complexity index is 355. The highest BCUT2D eigenvalue weighted by Gasteiger charge is 2.34. The van der Waals surface area contributed by atoms with Crippen LogP contribution >= 0.6 is 0 Å². The number of carboxylic acid groups (broad SMARTS) is 1. The fraction of sp³-hybridized carbons (Fsp3) is 0.889. The molecule has 1 saturated heterocycles. The molecule has 16 heavy (non-hydrogen) atoms. The molecule has 94 valence electrons. The first-order valence-electron chi connectivity index (χ1n) is 5.34. The molecule has 0 aromatic rings. The van der Waals surface area contributed by atoms with Crippen LogP contribution in [-0.4, -0.2) is 43.4 Å². The molecule has 0 amide bonds. The molecule has 6 nitrogen and oxygen atoms in total. The van der Waals surface area contributed by atoms with E-state index in [1.54, 1.807) is 6.92 Å². The van der Waals surface area contributed by atoms with E-state index in [0.717, 1.165) is 0 Å². The average molecular weight is 250 g/mol. The van der Waals surface area contributed by atoms with Gasteiger partial charge in [0.25, 0.3) is 10.2 Å². The fourth-order valence-corrected chi connectivity index (χ4v) is 3.33. The van der Waals surface area contributed by atoms with Crippen LogP contribution in [-0.2, 0) is 15.0 Å². The molecule has 0 saturated carbocycles. The highest BCUT2D eigenvalue weighted by Crippen LogP contribution is 2.23. The number of carbonyl (C=O) groups is 1. The van der Waals surface area contributed by atoms with Crippen LogP contribution < -0.4 is 4.72 Å². The Kier molecular flexibility index (Phi) is 4.28. The normalized spacial score (nSPS) is 27.9. The minimum absolute atomic E-state index is 0.0645. The Balaban J connectivity index is 2.78. The second-order valence-corrected chi connectivity index (χ2v) is 5.95. The van der Waals surface area contributed by atoms with Crippen LogP contribution in [0.15, 0.2) is 0 Å². The van der Waals surface area contributed by atoms with Crippen LogP contribution in [0.1, 0.15) is 20.3 Å². The van der Waals surface area contributed by atoms with Crippen molar-refractivity contribution in [2.45, 2.75) is 20.3 Å². The van der Waals surface area contributed by atoms with Gasteiger partial charge in [0.2, 0.25) is 0 Å². The van der Waals surface area contributed by atoms with E-state index in [2.05, 4.69) is 4.72 Å². The number of hydrogen-bond acceptors (Lipinski definition) is 3. The third kappa shape index (κ3) is 3.16. The van der Waals surface area contributed by atoms with E-state index in [1.165, 1.54) is 4.31 Å². The Morgan fingerprint density at radius 3 is 2.62 bits per heavy atom. The van der Waals surface area contributed by atoms with Gasteiger partial charge in [0.05, 0.1) is 5.92 Å². The fourth-order valence-electron chi connectivity index (χ4n) is 1.95. The predicted octanol–water partition coefficient (Wildman–Crippen LogP) is -0.117. The smallest absolute Gasteiger partial charge is 0.307 e. The molecule has 0 aromatic heterocycles. The van der Waals surface area contributed by atoms with Gasteiger partial charge in [0.1, 0.15) is 0 Å². The van der Waals surface area contributed by atoms with Gasteiger partial charge in [-0.3, -0.25) is 4.79 Å². The molecule has 1 aliphatic rings. The Morgan fingerprint density at radius 2 is 2.12 bits per heavy atom. The maximum absolute atomic E-state index is 11.7. The number of aliphatic carboxylic acids is 1. The maximum atomic E-state index is 11.7. The van der Waals surface area contributed by atoms with Crippen molar-refractivity contribution in [1.29, 1.82) is 0 Å². The molecular weight excluding hydrogens is 232 g/mol. The summed E-state index contributed by atoms with van der Waals surface area (Å²) in [7, 11) is -3.51. The quantitative estimate of drug-likeness (QED) is 0.728. The van der Waals surface area contributed by atoms with E-state index in [1.807, 2.05) is 6.92 Å². The molecule has 1 rings (SSSR count). The summed E-state index contributed by atoms with van der Waals surface area (Å²) in [5, 5.41) is 8.93. The van der Waals surface area contributed by atoms with Gasteiger partial charge >= 0.3 is 5.97 Å². The second kappa shape index (κ2) is 5.11. The minimum Gasteiger partial charge on any atom is -0.481 e. The van der Waals surface area contributed by atoms with Crippen LogP contribution in [0.5, 0.6) is 0 Å². The van der Waals surface area contributed by atoms with Gasteiger partial charge in [0.15, 0.2) is 0 Å². The average Bonchev–Trinajstić information content (AvgIpc) is 2.16. The van der Waals surface area contributed by atoms with Crippen molar-refractivity contribution in [3.63, 3.8) is 0 Å². The lowest BCUT2D eigenvalue weighted by Crippen LogP contribution is -2.49. The predicted molar refractivity (Wildman–Crippen MR) is 59.1 cm³/mol. The first-order valence-corrected chi connectivity index (χ1v) is 6.78. The van der Waals surface area contributed by atoms with Crippen molar-refractivity contribution in [2.24, 2.45) is 11.8 Å². The molecule has 1 aliphatic heterocycles. The van der Waals surface area contributed by atoms with Crippen LogP contribution in [0.25, 0.3) is 0 Å². The summed E-state index contributed by atoms with van der Waals surface area (Å²) in [6.07, 6.45) is 0.535. The zero-order valence-corrected chi connectivity index (χ0v) is 10.3. The number of piperidine rings is 1. The number of hydrogen-bond donors (Lipinski definition) is 2. The van der Waals surface area contributed by atoms with E-state index in [4.69, 9.17) is 5.11 Å². The van der Waals surface area contributed by atoms with Gasteiger partial charge in [-0.05, 0) is 12.3 Å². The lowest BCUT2D eigenvalue weighted by molar-refractivity contribution is -0.143. The van der Waals surface area contributed by atoms with Crippen molar-refractivity contribution >= 4 is 16.2 Å². The molecule has 2 unspecified atom stereocenters. The van der Waals surface area contributed by atoms with Crippen LogP contribution in [0.2, 0.25) is 0 Å². The molecular formula is C9H18N2O4S. The van der Waals surface area contributed by atoms with Gasteiger partial charge in [-0.15, -0.1) is 0 Å². The number of carboxylic acids is 1. The largest absolute Gasteiger partial charge is 0.481 e. The van der Waals surface area contributed by atoms with Gasteiger partial charge < -0.3 is 5.11 Å². The van der Waals surface area contributed by atoms with Gasteiger partial charge in [-0.2, -0.15) is 12.7 Å². The van der Waals surface area contributed by atoms with Crippen molar-refractivity contribution in [3.05, 3.63) is 0 Å². The van der Waals surface area contributed by atoms with Crippen molar-refractivity contribution < 1.29 is 18.3 Å². The summed E-state index contributed by atoms with van der Waals surface area (Å²) >= 11 is 0. The van der Waals surface area contributed by atoms with Crippen LogP contribution in [0, 0.1) is 11.8 Å². The van der Waals surface area contributed by atoms with Crippen molar-refractivity contribution in [2.75, 3.05) is 19.6 Å². The minimum atomic E-state index is -3.51. The molecule has 0 radical (unpaired) electrons. The SMILES string of the molecule is CCNS(=O)(=O)N1CC(C)CC(C(=O)O)C1. The highest BCUT2D eigenvalue weighted by molar-refractivity contribution is 7.87.